The lowest BCUT2D eigenvalue weighted by Crippen LogP contribution is -2.43. The van der Waals surface area contributed by atoms with Gasteiger partial charge in [0, 0.05) is 0 Å². The molecule has 1 saturated carbocycles. The highest BCUT2D eigenvalue weighted by molar-refractivity contribution is 5.86. The number of para-hydroxylation sites is 2. The summed E-state index contributed by atoms with van der Waals surface area (Å²) in [6.45, 7) is 0.348. The van der Waals surface area contributed by atoms with Crippen LogP contribution in [0.4, 0.5) is 0 Å². The molecule has 6 heteroatoms. The molecule has 0 bridgehead atoms. The monoisotopic (exact) mass is 395 g/mol. The second kappa shape index (κ2) is 8.55. The number of esters is 1. The molecule has 1 fully saturated rings. The molecular weight excluding hydrogens is 370 g/mol. The molecule has 0 radical (unpaired) electrons. The first-order chi connectivity index (χ1) is 14.2. The number of carbonyl (C=O) groups excluding carboxylic acids is 2. The van der Waals surface area contributed by atoms with Crippen LogP contribution in [0.5, 0.6) is 11.5 Å². The van der Waals surface area contributed by atoms with E-state index in [1.165, 1.54) is 0 Å². The molecule has 2 aromatic rings. The molecule has 1 aliphatic carbocycles. The third-order valence-corrected chi connectivity index (χ3v) is 5.60. The first kappa shape index (κ1) is 19.3. The molecular formula is C23H25NO5. The minimum atomic E-state index is -0.633. The summed E-state index contributed by atoms with van der Waals surface area (Å²) in [6, 6.07) is 17.1. The number of benzene rings is 2. The Morgan fingerprint density at radius 1 is 1.00 bits per heavy atom. The highest BCUT2D eigenvalue weighted by Crippen LogP contribution is 2.42. The molecule has 29 heavy (non-hydrogen) atoms. The van der Waals surface area contributed by atoms with Crippen molar-refractivity contribution < 1.29 is 23.8 Å². The highest BCUT2D eigenvalue weighted by Gasteiger charge is 2.44. The van der Waals surface area contributed by atoms with E-state index in [0.29, 0.717) is 18.1 Å². The third-order valence-electron chi connectivity index (χ3n) is 5.60. The zero-order valence-electron chi connectivity index (χ0n) is 16.3. The van der Waals surface area contributed by atoms with E-state index in [9.17, 15) is 9.59 Å². The summed E-state index contributed by atoms with van der Waals surface area (Å²) in [5.74, 6) is 0.701. The first-order valence-corrected chi connectivity index (χ1v) is 10.1. The molecule has 1 heterocycles. The van der Waals surface area contributed by atoms with E-state index < -0.39 is 5.41 Å². The fourth-order valence-corrected chi connectivity index (χ4v) is 4.06. The summed E-state index contributed by atoms with van der Waals surface area (Å²) in [5.41, 5.74) is 0.334. The number of hydrogen-bond acceptors (Lipinski definition) is 5. The van der Waals surface area contributed by atoms with Crippen molar-refractivity contribution in [2.24, 2.45) is 0 Å². The molecule has 1 amide bonds. The van der Waals surface area contributed by atoms with Crippen molar-refractivity contribution in [2.75, 3.05) is 19.8 Å². The molecule has 0 aromatic heterocycles. The summed E-state index contributed by atoms with van der Waals surface area (Å²) < 4.78 is 16.9. The molecule has 152 valence electrons. The Hall–Kier alpha value is -3.02. The number of nitrogens with one attached hydrogen (secondary N) is 1. The minimum absolute atomic E-state index is 0.282. The standard InChI is InChI=1S/C23H25NO5/c25-21(24-14-18-15-27-19-10-4-5-11-20(19)29-18)16-28-22(26)23(12-6-7-13-23)17-8-2-1-3-9-17/h1-5,8-11,18H,6-7,12-16H2,(H,24,25). The van der Waals surface area contributed by atoms with Gasteiger partial charge in [-0.15, -0.1) is 0 Å². The van der Waals surface area contributed by atoms with Crippen LogP contribution in [-0.2, 0) is 19.7 Å². The van der Waals surface area contributed by atoms with Gasteiger partial charge in [0.2, 0.25) is 0 Å². The Kier molecular flexibility index (Phi) is 5.69. The van der Waals surface area contributed by atoms with Crippen LogP contribution in [0.2, 0.25) is 0 Å². The second-order valence-electron chi connectivity index (χ2n) is 7.53. The highest BCUT2D eigenvalue weighted by atomic mass is 16.6. The van der Waals surface area contributed by atoms with Crippen LogP contribution in [0.3, 0.4) is 0 Å². The molecule has 1 unspecified atom stereocenters. The predicted octanol–water partition coefficient (Wildman–Crippen LogP) is 3.00. The summed E-state index contributed by atoms with van der Waals surface area (Å²) in [6.07, 6.45) is 3.19. The van der Waals surface area contributed by atoms with E-state index in [4.69, 9.17) is 14.2 Å². The second-order valence-corrected chi connectivity index (χ2v) is 7.53. The average Bonchev–Trinajstić information content (AvgIpc) is 3.28. The van der Waals surface area contributed by atoms with Crippen LogP contribution >= 0.6 is 0 Å². The molecule has 2 aromatic carbocycles. The Morgan fingerprint density at radius 2 is 1.69 bits per heavy atom. The molecule has 0 spiro atoms. The molecule has 0 saturated heterocycles. The van der Waals surface area contributed by atoms with Crippen LogP contribution < -0.4 is 14.8 Å². The molecule has 1 N–H and O–H groups in total. The van der Waals surface area contributed by atoms with Gasteiger partial charge < -0.3 is 19.5 Å². The van der Waals surface area contributed by atoms with Gasteiger partial charge in [-0.25, -0.2) is 0 Å². The summed E-state index contributed by atoms with van der Waals surface area (Å²) in [7, 11) is 0. The smallest absolute Gasteiger partial charge is 0.317 e. The van der Waals surface area contributed by atoms with Crippen molar-refractivity contribution >= 4 is 11.9 Å². The van der Waals surface area contributed by atoms with Gasteiger partial charge in [-0.1, -0.05) is 55.3 Å². The summed E-state index contributed by atoms with van der Waals surface area (Å²) >= 11 is 0. The predicted molar refractivity (Wildman–Crippen MR) is 107 cm³/mol. The van der Waals surface area contributed by atoms with Crippen LogP contribution in [0, 0.1) is 0 Å². The van der Waals surface area contributed by atoms with Gasteiger partial charge in [-0.3, -0.25) is 9.59 Å². The van der Waals surface area contributed by atoms with Gasteiger partial charge >= 0.3 is 5.97 Å². The molecule has 1 atom stereocenters. The van der Waals surface area contributed by atoms with Gasteiger partial charge in [0.25, 0.3) is 5.91 Å². The maximum Gasteiger partial charge on any atom is 0.317 e. The summed E-state index contributed by atoms with van der Waals surface area (Å²) in [5, 5.41) is 2.76. The van der Waals surface area contributed by atoms with Crippen LogP contribution in [0.15, 0.2) is 54.6 Å². The number of ether oxygens (including phenoxy) is 3. The van der Waals surface area contributed by atoms with E-state index >= 15 is 0 Å². The van der Waals surface area contributed by atoms with Crippen molar-refractivity contribution in [2.45, 2.75) is 37.2 Å². The van der Waals surface area contributed by atoms with Crippen molar-refractivity contribution in [3.8, 4) is 11.5 Å². The topological polar surface area (TPSA) is 73.9 Å². The maximum absolute atomic E-state index is 12.9. The van der Waals surface area contributed by atoms with E-state index in [1.807, 2.05) is 54.6 Å². The fourth-order valence-electron chi connectivity index (χ4n) is 4.06. The van der Waals surface area contributed by atoms with Crippen LogP contribution in [-0.4, -0.2) is 37.7 Å². The molecule has 2 aliphatic rings. The number of carbonyl (C=O) groups is 2. The largest absolute Gasteiger partial charge is 0.486 e. The van der Waals surface area contributed by atoms with E-state index in [2.05, 4.69) is 5.32 Å². The van der Waals surface area contributed by atoms with Gasteiger partial charge in [0.05, 0.1) is 12.0 Å². The lowest BCUT2D eigenvalue weighted by atomic mass is 9.79. The van der Waals surface area contributed by atoms with Gasteiger partial charge in [-0.2, -0.15) is 0 Å². The Bertz CT molecular complexity index is 861. The SMILES string of the molecule is O=C(COC(=O)C1(c2ccccc2)CCCC1)NCC1COc2ccccc2O1. The Balaban J connectivity index is 1.28. The Labute approximate surface area is 170 Å². The zero-order chi connectivity index (χ0) is 20.1. The van der Waals surface area contributed by atoms with Gasteiger partial charge in [0.1, 0.15) is 12.7 Å². The normalized spacial score (nSPS) is 19.4. The van der Waals surface area contributed by atoms with Gasteiger partial charge in [-0.05, 0) is 30.5 Å². The van der Waals surface area contributed by atoms with E-state index in [-0.39, 0.29) is 31.1 Å². The number of amides is 1. The van der Waals surface area contributed by atoms with E-state index in [1.54, 1.807) is 0 Å². The maximum atomic E-state index is 12.9. The van der Waals surface area contributed by atoms with E-state index in [0.717, 1.165) is 31.2 Å². The first-order valence-electron chi connectivity index (χ1n) is 10.1. The van der Waals surface area contributed by atoms with Crippen LogP contribution in [0.1, 0.15) is 31.2 Å². The minimum Gasteiger partial charge on any atom is -0.486 e. The lowest BCUT2D eigenvalue weighted by molar-refractivity contribution is -0.154. The lowest BCUT2D eigenvalue weighted by Gasteiger charge is -2.27. The third kappa shape index (κ3) is 4.21. The van der Waals surface area contributed by atoms with Gasteiger partial charge in [0.15, 0.2) is 18.1 Å². The Morgan fingerprint density at radius 3 is 2.45 bits per heavy atom. The summed E-state index contributed by atoms with van der Waals surface area (Å²) in [4.78, 5) is 25.1. The van der Waals surface area contributed by atoms with Crippen molar-refractivity contribution in [1.82, 2.24) is 5.32 Å². The van der Waals surface area contributed by atoms with Crippen molar-refractivity contribution in [1.29, 1.82) is 0 Å². The van der Waals surface area contributed by atoms with Crippen LogP contribution in [0.25, 0.3) is 0 Å². The quantitative estimate of drug-likeness (QED) is 0.761. The number of hydrogen-bond donors (Lipinski definition) is 1. The fraction of sp³-hybridized carbons (Fsp3) is 0.391. The number of fused-ring (bicyclic) bond motifs is 1. The average molecular weight is 395 g/mol. The zero-order valence-corrected chi connectivity index (χ0v) is 16.3. The number of rotatable bonds is 6. The molecule has 1 aliphatic heterocycles. The van der Waals surface area contributed by atoms with Crippen molar-refractivity contribution in [3.63, 3.8) is 0 Å². The molecule has 6 nitrogen and oxygen atoms in total. The van der Waals surface area contributed by atoms with Crippen molar-refractivity contribution in [3.05, 3.63) is 60.2 Å². The molecule has 4 rings (SSSR count).